The van der Waals surface area contributed by atoms with Gasteiger partial charge >= 0.3 is 6.09 Å². The second-order valence-electron chi connectivity index (χ2n) is 9.22. The third kappa shape index (κ3) is 5.38. The minimum absolute atomic E-state index is 0.00729. The smallest absolute Gasteiger partial charge is 0.413 e. The van der Waals surface area contributed by atoms with E-state index in [1.807, 2.05) is 0 Å². The van der Waals surface area contributed by atoms with Crippen LogP contribution in [0.4, 0.5) is 28.2 Å². The molecule has 2 amide bonds. The molecule has 202 valence electrons. The van der Waals surface area contributed by atoms with Gasteiger partial charge < -0.3 is 19.2 Å². The fraction of sp³-hybridized carbons (Fsp3) is 0.214. The van der Waals surface area contributed by atoms with Crippen LogP contribution in [0, 0.1) is 11.6 Å². The molecule has 0 atom stereocenters. The minimum atomic E-state index is -2.82. The number of nitrogens with zero attached hydrogens (tertiary/aromatic N) is 2. The number of halogens is 4. The number of carbonyl (C=O) groups excluding carboxylic acids is 1. The molecule has 0 bridgehead atoms. The Kier molecular flexibility index (Phi) is 6.67. The van der Waals surface area contributed by atoms with Crippen molar-refractivity contribution in [2.45, 2.75) is 18.8 Å². The van der Waals surface area contributed by atoms with Gasteiger partial charge in [0.05, 0.1) is 0 Å². The quantitative estimate of drug-likeness (QED) is 0.271. The maximum Gasteiger partial charge on any atom is 0.413 e. The first-order chi connectivity index (χ1) is 18.5. The third-order valence-electron chi connectivity index (χ3n) is 6.54. The van der Waals surface area contributed by atoms with E-state index in [0.29, 0.717) is 10.9 Å². The Morgan fingerprint density at radius 2 is 1.69 bits per heavy atom. The van der Waals surface area contributed by atoms with Crippen LogP contribution in [0.25, 0.3) is 22.1 Å². The predicted molar refractivity (Wildman–Crippen MR) is 135 cm³/mol. The molecular weight excluding hydrogens is 520 g/mol. The van der Waals surface area contributed by atoms with Crippen molar-refractivity contribution in [3.63, 3.8) is 0 Å². The number of piperidine rings is 1. The van der Waals surface area contributed by atoms with Crippen LogP contribution < -0.4 is 9.64 Å². The fourth-order valence-electron chi connectivity index (χ4n) is 4.33. The highest BCUT2D eigenvalue weighted by Crippen LogP contribution is 2.40. The van der Waals surface area contributed by atoms with E-state index in [4.69, 9.17) is 9.15 Å². The highest BCUT2D eigenvalue weighted by molar-refractivity contribution is 5.96. The van der Waals surface area contributed by atoms with Gasteiger partial charge in [-0.25, -0.2) is 22.4 Å². The number of alkyl halides is 2. The Morgan fingerprint density at radius 3 is 2.33 bits per heavy atom. The van der Waals surface area contributed by atoms with Crippen LogP contribution in [-0.2, 0) is 0 Å². The Hall–Kier alpha value is -4.54. The molecule has 7 nitrogen and oxygen atoms in total. The van der Waals surface area contributed by atoms with Gasteiger partial charge in [-0.15, -0.1) is 0 Å². The molecule has 1 saturated heterocycles. The molecule has 5 rings (SSSR count). The zero-order valence-electron chi connectivity index (χ0n) is 20.6. The van der Waals surface area contributed by atoms with E-state index in [1.54, 1.807) is 6.07 Å². The van der Waals surface area contributed by atoms with E-state index in [9.17, 15) is 27.9 Å². The standard InChI is InChI=1S/C28H22F4N2O5/c1-33(27(36)37)24-15-18-12-17(14-23(25(18)39-24)38-20-5-3-19(29)4-6-20)21-7-2-16(13-22(21)30)26(35)34-10-8-28(31,32)9-11-34/h2-7,12-15H,8-11H2,1H3,(H,36,37). The van der Waals surface area contributed by atoms with Gasteiger partial charge in [0.2, 0.25) is 5.88 Å². The zero-order chi connectivity index (χ0) is 27.9. The fourth-order valence-corrected chi connectivity index (χ4v) is 4.33. The van der Waals surface area contributed by atoms with E-state index in [2.05, 4.69) is 0 Å². The molecule has 0 unspecified atom stereocenters. The van der Waals surface area contributed by atoms with Crippen molar-refractivity contribution in [1.82, 2.24) is 4.90 Å². The average molecular weight is 542 g/mol. The van der Waals surface area contributed by atoms with Crippen molar-refractivity contribution < 1.29 is 41.4 Å². The summed E-state index contributed by atoms with van der Waals surface area (Å²) < 4.78 is 67.3. The van der Waals surface area contributed by atoms with Crippen LogP contribution in [0.3, 0.4) is 0 Å². The number of amides is 2. The van der Waals surface area contributed by atoms with Crippen LogP contribution >= 0.6 is 0 Å². The summed E-state index contributed by atoms with van der Waals surface area (Å²) >= 11 is 0. The topological polar surface area (TPSA) is 83.2 Å². The summed E-state index contributed by atoms with van der Waals surface area (Å²) in [5, 5.41) is 9.74. The van der Waals surface area contributed by atoms with Gasteiger partial charge in [0.15, 0.2) is 11.3 Å². The van der Waals surface area contributed by atoms with Crippen LogP contribution in [0.5, 0.6) is 11.5 Å². The molecule has 3 aromatic carbocycles. The SMILES string of the molecule is CN(C(=O)O)c1cc2cc(-c3ccc(C(=O)N4CCC(F)(F)CC4)cc3F)cc(Oc3ccc(F)cc3)c2o1. The lowest BCUT2D eigenvalue weighted by Gasteiger charge is -2.31. The number of rotatable bonds is 5. The van der Waals surface area contributed by atoms with E-state index in [1.165, 1.54) is 60.5 Å². The molecular formula is C28H22F4N2O5. The van der Waals surface area contributed by atoms with Crippen LogP contribution in [0.2, 0.25) is 0 Å². The van der Waals surface area contributed by atoms with E-state index < -0.39 is 42.4 Å². The molecule has 0 spiro atoms. The summed E-state index contributed by atoms with van der Waals surface area (Å²) in [5.74, 6) is -4.19. The number of fused-ring (bicyclic) bond motifs is 1. The van der Waals surface area contributed by atoms with Gasteiger partial charge in [0.25, 0.3) is 11.8 Å². The van der Waals surface area contributed by atoms with Gasteiger partial charge in [0.1, 0.15) is 17.4 Å². The van der Waals surface area contributed by atoms with Crippen LogP contribution in [-0.4, -0.2) is 48.1 Å². The summed E-state index contributed by atoms with van der Waals surface area (Å²) in [6.45, 7) is -0.243. The van der Waals surface area contributed by atoms with Crippen molar-refractivity contribution in [2.75, 3.05) is 25.0 Å². The van der Waals surface area contributed by atoms with Crippen molar-refractivity contribution in [3.05, 3.63) is 77.9 Å². The van der Waals surface area contributed by atoms with Gasteiger partial charge in [0, 0.05) is 55.6 Å². The van der Waals surface area contributed by atoms with E-state index in [0.717, 1.165) is 11.0 Å². The van der Waals surface area contributed by atoms with Crippen molar-refractivity contribution in [3.8, 4) is 22.6 Å². The molecule has 1 aromatic heterocycles. The second-order valence-corrected chi connectivity index (χ2v) is 9.22. The first-order valence-electron chi connectivity index (χ1n) is 12.0. The summed E-state index contributed by atoms with van der Waals surface area (Å²) in [6.07, 6.45) is -2.15. The molecule has 0 saturated carbocycles. The highest BCUT2D eigenvalue weighted by atomic mass is 19.3. The average Bonchev–Trinajstić information content (AvgIpc) is 3.33. The normalized spacial score (nSPS) is 14.8. The van der Waals surface area contributed by atoms with Gasteiger partial charge in [-0.3, -0.25) is 9.69 Å². The highest BCUT2D eigenvalue weighted by Gasteiger charge is 2.36. The number of anilines is 1. The van der Waals surface area contributed by atoms with E-state index >= 15 is 4.39 Å². The molecule has 1 aliphatic rings. The Morgan fingerprint density at radius 1 is 1.00 bits per heavy atom. The predicted octanol–water partition coefficient (Wildman–Crippen LogP) is 7.16. The lowest BCUT2D eigenvalue weighted by Crippen LogP contribution is -2.42. The van der Waals surface area contributed by atoms with Gasteiger partial charge in [-0.1, -0.05) is 6.07 Å². The summed E-state index contributed by atoms with van der Waals surface area (Å²) in [6, 6.07) is 13.5. The number of hydrogen-bond acceptors (Lipinski definition) is 4. The number of hydrogen-bond donors (Lipinski definition) is 1. The summed E-state index contributed by atoms with van der Waals surface area (Å²) in [7, 11) is 1.29. The van der Waals surface area contributed by atoms with E-state index in [-0.39, 0.29) is 47.2 Å². The number of benzene rings is 3. The number of carboxylic acid groups (broad SMARTS) is 1. The summed E-state index contributed by atoms with van der Waals surface area (Å²) in [5.41, 5.74) is 0.648. The van der Waals surface area contributed by atoms with Gasteiger partial charge in [-0.2, -0.15) is 0 Å². The van der Waals surface area contributed by atoms with Gasteiger partial charge in [-0.05, 0) is 54.1 Å². The molecule has 1 fully saturated rings. The molecule has 2 heterocycles. The second kappa shape index (κ2) is 9.97. The molecule has 39 heavy (non-hydrogen) atoms. The molecule has 4 aromatic rings. The molecule has 1 N–H and O–H groups in total. The van der Waals surface area contributed by atoms with Crippen LogP contribution in [0.1, 0.15) is 23.2 Å². The Balaban J connectivity index is 1.51. The lowest BCUT2D eigenvalue weighted by molar-refractivity contribution is -0.0494. The third-order valence-corrected chi connectivity index (χ3v) is 6.54. The Bertz CT molecular complexity index is 1560. The van der Waals surface area contributed by atoms with Crippen molar-refractivity contribution in [2.24, 2.45) is 0 Å². The largest absolute Gasteiger partial charge is 0.465 e. The maximum absolute atomic E-state index is 15.3. The first kappa shape index (κ1) is 26.1. The van der Waals surface area contributed by atoms with Crippen molar-refractivity contribution in [1.29, 1.82) is 0 Å². The van der Waals surface area contributed by atoms with Crippen molar-refractivity contribution >= 4 is 28.9 Å². The molecule has 0 aliphatic carbocycles. The molecule has 11 heteroatoms. The zero-order valence-corrected chi connectivity index (χ0v) is 20.6. The summed E-state index contributed by atoms with van der Waals surface area (Å²) in [4.78, 5) is 26.4. The number of likely N-dealkylation sites (tertiary alicyclic amines) is 1. The monoisotopic (exact) mass is 542 g/mol. The number of furan rings is 1. The Labute approximate surface area is 219 Å². The number of carbonyl (C=O) groups is 2. The maximum atomic E-state index is 15.3. The molecule has 0 radical (unpaired) electrons. The molecule has 1 aliphatic heterocycles. The van der Waals surface area contributed by atoms with Crippen LogP contribution in [0.15, 0.2) is 65.1 Å². The first-order valence-corrected chi connectivity index (χ1v) is 12.0. The minimum Gasteiger partial charge on any atom is -0.465 e. The lowest BCUT2D eigenvalue weighted by atomic mass is 10.00. The number of ether oxygens (including phenoxy) is 1.